The highest BCUT2D eigenvalue weighted by Crippen LogP contribution is 2.14. The highest BCUT2D eigenvalue weighted by Gasteiger charge is 2.16. The Labute approximate surface area is 103 Å². The molecule has 0 saturated carbocycles. The average Bonchev–Trinajstić information content (AvgIpc) is 2.76. The van der Waals surface area contributed by atoms with Crippen molar-refractivity contribution >= 4 is 17.4 Å². The molecule has 0 radical (unpaired) electrons. The molecule has 17 heavy (non-hydrogen) atoms. The van der Waals surface area contributed by atoms with Crippen LogP contribution >= 0.6 is 11.5 Å². The summed E-state index contributed by atoms with van der Waals surface area (Å²) in [6.45, 7) is 3.69. The van der Waals surface area contributed by atoms with Crippen molar-refractivity contribution < 1.29 is 4.79 Å². The maximum atomic E-state index is 11.9. The molecule has 5 nitrogen and oxygen atoms in total. The normalized spacial score (nSPS) is 12.1. The van der Waals surface area contributed by atoms with Crippen LogP contribution in [0.1, 0.15) is 33.9 Å². The lowest BCUT2D eigenvalue weighted by Gasteiger charge is -2.12. The van der Waals surface area contributed by atoms with Gasteiger partial charge in [0.1, 0.15) is 4.88 Å². The second kappa shape index (κ2) is 5.01. The Morgan fingerprint density at radius 1 is 1.53 bits per heavy atom. The van der Waals surface area contributed by atoms with Gasteiger partial charge in [0.15, 0.2) is 0 Å². The van der Waals surface area contributed by atoms with Gasteiger partial charge in [-0.05, 0) is 37.0 Å². The number of nitrogens with zero attached hydrogens (tertiary/aromatic N) is 3. The van der Waals surface area contributed by atoms with Gasteiger partial charge in [-0.3, -0.25) is 9.78 Å². The summed E-state index contributed by atoms with van der Waals surface area (Å²) in [6.07, 6.45) is 3.44. The minimum atomic E-state index is -0.145. The fraction of sp³-hybridized carbons (Fsp3) is 0.273. The van der Waals surface area contributed by atoms with Crippen molar-refractivity contribution in [3.63, 3.8) is 0 Å². The molecule has 2 rings (SSSR count). The van der Waals surface area contributed by atoms with Gasteiger partial charge in [0.2, 0.25) is 0 Å². The van der Waals surface area contributed by atoms with Gasteiger partial charge < -0.3 is 5.32 Å². The molecular weight excluding hydrogens is 236 g/mol. The van der Waals surface area contributed by atoms with Crippen LogP contribution in [0.25, 0.3) is 0 Å². The second-order valence-electron chi connectivity index (χ2n) is 3.67. The van der Waals surface area contributed by atoms with Crippen LogP contribution < -0.4 is 5.32 Å². The summed E-state index contributed by atoms with van der Waals surface area (Å²) >= 11 is 1.11. The summed E-state index contributed by atoms with van der Waals surface area (Å²) in [5, 5.41) is 6.70. The zero-order valence-corrected chi connectivity index (χ0v) is 10.4. The largest absolute Gasteiger partial charge is 0.345 e. The molecule has 0 aliphatic heterocycles. The number of aromatic nitrogens is 3. The van der Waals surface area contributed by atoms with Gasteiger partial charge in [0.05, 0.1) is 11.7 Å². The number of nitrogens with one attached hydrogen (secondary N) is 1. The van der Waals surface area contributed by atoms with Crippen LogP contribution in [0.15, 0.2) is 24.5 Å². The molecule has 2 heterocycles. The molecule has 0 saturated heterocycles. The second-order valence-corrected chi connectivity index (χ2v) is 4.42. The molecule has 0 bridgehead atoms. The van der Waals surface area contributed by atoms with E-state index in [2.05, 4.69) is 19.9 Å². The molecular formula is C11H12N4OS. The summed E-state index contributed by atoms with van der Waals surface area (Å²) in [6, 6.07) is 3.69. The standard InChI is InChI=1S/C11H12N4OS/c1-7(9-4-3-5-12-6-9)13-11(16)10-8(2)14-15-17-10/h3-7H,1-2H3,(H,13,16)/t7-/m0/s1. The first kappa shape index (κ1) is 11.7. The monoisotopic (exact) mass is 248 g/mol. The summed E-state index contributed by atoms with van der Waals surface area (Å²) in [7, 11) is 0. The molecule has 0 spiro atoms. The van der Waals surface area contributed by atoms with Crippen molar-refractivity contribution in [2.24, 2.45) is 0 Å². The Kier molecular flexibility index (Phi) is 3.43. The minimum absolute atomic E-state index is 0.0855. The van der Waals surface area contributed by atoms with E-state index in [4.69, 9.17) is 0 Å². The average molecular weight is 248 g/mol. The fourth-order valence-electron chi connectivity index (χ4n) is 1.42. The third-order valence-corrected chi connectivity index (χ3v) is 3.22. The number of carbonyl (C=O) groups excluding carboxylic acids is 1. The number of hydrogen-bond acceptors (Lipinski definition) is 5. The number of hydrogen-bond donors (Lipinski definition) is 1. The number of carbonyl (C=O) groups is 1. The quantitative estimate of drug-likeness (QED) is 0.898. The number of aryl methyl sites for hydroxylation is 1. The van der Waals surface area contributed by atoms with Crippen molar-refractivity contribution in [1.82, 2.24) is 19.9 Å². The Hall–Kier alpha value is -1.82. The first-order valence-corrected chi connectivity index (χ1v) is 5.95. The van der Waals surface area contributed by atoms with Crippen LogP contribution in [0.5, 0.6) is 0 Å². The lowest BCUT2D eigenvalue weighted by atomic mass is 10.1. The molecule has 1 amide bonds. The lowest BCUT2D eigenvalue weighted by molar-refractivity contribution is 0.0943. The smallest absolute Gasteiger partial charge is 0.265 e. The van der Waals surface area contributed by atoms with E-state index in [-0.39, 0.29) is 11.9 Å². The van der Waals surface area contributed by atoms with E-state index < -0.39 is 0 Å². The molecule has 6 heteroatoms. The van der Waals surface area contributed by atoms with E-state index in [1.54, 1.807) is 19.3 Å². The Bertz CT molecular complexity index is 511. The van der Waals surface area contributed by atoms with Crippen molar-refractivity contribution in [3.05, 3.63) is 40.7 Å². The first-order valence-electron chi connectivity index (χ1n) is 5.18. The molecule has 0 aliphatic carbocycles. The molecule has 0 aromatic carbocycles. The zero-order valence-electron chi connectivity index (χ0n) is 9.54. The molecule has 88 valence electrons. The molecule has 2 aromatic heterocycles. The topological polar surface area (TPSA) is 67.8 Å². The SMILES string of the molecule is Cc1nnsc1C(=O)N[C@@H](C)c1cccnc1. The Balaban J connectivity index is 2.08. The van der Waals surface area contributed by atoms with E-state index >= 15 is 0 Å². The van der Waals surface area contributed by atoms with Gasteiger partial charge >= 0.3 is 0 Å². The van der Waals surface area contributed by atoms with E-state index in [0.29, 0.717) is 10.6 Å². The maximum absolute atomic E-state index is 11.9. The summed E-state index contributed by atoms with van der Waals surface area (Å²) in [5.74, 6) is -0.145. The van der Waals surface area contributed by atoms with E-state index in [1.165, 1.54) is 0 Å². The van der Waals surface area contributed by atoms with Crippen molar-refractivity contribution in [2.75, 3.05) is 0 Å². The minimum Gasteiger partial charge on any atom is -0.345 e. The van der Waals surface area contributed by atoms with Crippen LogP contribution in [0.2, 0.25) is 0 Å². The number of pyridine rings is 1. The molecule has 0 unspecified atom stereocenters. The van der Waals surface area contributed by atoms with Crippen LogP contribution in [-0.2, 0) is 0 Å². The van der Waals surface area contributed by atoms with Crippen molar-refractivity contribution in [2.45, 2.75) is 19.9 Å². The molecule has 0 fully saturated rings. The van der Waals surface area contributed by atoms with Crippen molar-refractivity contribution in [3.8, 4) is 0 Å². The third-order valence-electron chi connectivity index (χ3n) is 2.39. The van der Waals surface area contributed by atoms with Crippen LogP contribution in [-0.4, -0.2) is 20.5 Å². The molecule has 2 aromatic rings. The van der Waals surface area contributed by atoms with Crippen LogP contribution in [0, 0.1) is 6.92 Å². The third kappa shape index (κ3) is 2.65. The fourth-order valence-corrected chi connectivity index (χ4v) is 1.98. The number of amides is 1. The molecule has 1 N–H and O–H groups in total. The van der Waals surface area contributed by atoms with Crippen LogP contribution in [0.3, 0.4) is 0 Å². The van der Waals surface area contributed by atoms with E-state index in [0.717, 1.165) is 17.1 Å². The zero-order chi connectivity index (χ0) is 12.3. The van der Waals surface area contributed by atoms with Gasteiger partial charge in [-0.2, -0.15) is 0 Å². The Morgan fingerprint density at radius 3 is 2.94 bits per heavy atom. The summed E-state index contributed by atoms with van der Waals surface area (Å²) < 4.78 is 3.74. The number of rotatable bonds is 3. The highest BCUT2D eigenvalue weighted by molar-refractivity contribution is 7.07. The highest BCUT2D eigenvalue weighted by atomic mass is 32.1. The van der Waals surface area contributed by atoms with Crippen LogP contribution in [0.4, 0.5) is 0 Å². The summed E-state index contributed by atoms with van der Waals surface area (Å²) in [5.41, 5.74) is 1.63. The summed E-state index contributed by atoms with van der Waals surface area (Å²) in [4.78, 5) is 16.5. The van der Waals surface area contributed by atoms with Gasteiger partial charge in [-0.25, -0.2) is 0 Å². The van der Waals surface area contributed by atoms with Gasteiger partial charge in [-0.1, -0.05) is 10.6 Å². The van der Waals surface area contributed by atoms with Gasteiger partial charge in [0, 0.05) is 12.4 Å². The van der Waals surface area contributed by atoms with E-state index in [1.807, 2.05) is 19.1 Å². The first-order chi connectivity index (χ1) is 8.18. The Morgan fingerprint density at radius 2 is 2.35 bits per heavy atom. The molecule has 1 atom stereocenters. The van der Waals surface area contributed by atoms with Gasteiger partial charge in [-0.15, -0.1) is 5.10 Å². The van der Waals surface area contributed by atoms with E-state index in [9.17, 15) is 4.79 Å². The van der Waals surface area contributed by atoms with Gasteiger partial charge in [0.25, 0.3) is 5.91 Å². The predicted molar refractivity (Wildman–Crippen MR) is 64.8 cm³/mol. The van der Waals surface area contributed by atoms with Crippen molar-refractivity contribution in [1.29, 1.82) is 0 Å². The predicted octanol–water partition coefficient (Wildman–Crippen LogP) is 1.73. The molecule has 0 aliphatic rings. The maximum Gasteiger partial charge on any atom is 0.265 e. The lowest BCUT2D eigenvalue weighted by Crippen LogP contribution is -2.26.